The van der Waals surface area contributed by atoms with Crippen molar-refractivity contribution in [1.82, 2.24) is 9.55 Å². The van der Waals surface area contributed by atoms with Crippen LogP contribution in [0, 0.1) is 6.92 Å². The van der Waals surface area contributed by atoms with Crippen molar-refractivity contribution in [2.45, 2.75) is 25.2 Å². The van der Waals surface area contributed by atoms with E-state index in [-0.39, 0.29) is 18.3 Å². The van der Waals surface area contributed by atoms with Gasteiger partial charge < -0.3 is 9.30 Å². The monoisotopic (exact) mass is 436 g/mol. The van der Waals surface area contributed by atoms with Crippen LogP contribution in [0.15, 0.2) is 78.0 Å². The van der Waals surface area contributed by atoms with Crippen molar-refractivity contribution in [2.75, 3.05) is 5.75 Å². The van der Waals surface area contributed by atoms with E-state index in [4.69, 9.17) is 21.3 Å². The number of para-hydroxylation sites is 2. The summed E-state index contributed by atoms with van der Waals surface area (Å²) < 4.78 is 7.55. The molecule has 0 saturated carbocycles. The van der Waals surface area contributed by atoms with E-state index in [1.807, 2.05) is 30.3 Å². The molecular weight excluding hydrogens is 416 g/mol. The lowest BCUT2D eigenvalue weighted by Gasteiger charge is -2.10. The largest absolute Gasteiger partial charge is 0.460 e. The zero-order valence-electron chi connectivity index (χ0n) is 16.5. The van der Waals surface area contributed by atoms with E-state index in [1.54, 1.807) is 12.1 Å². The van der Waals surface area contributed by atoms with Gasteiger partial charge in [-0.05, 0) is 42.3 Å². The third kappa shape index (κ3) is 5.04. The molecule has 0 spiro atoms. The number of hydrogen-bond acceptors (Lipinski definition) is 4. The number of ether oxygens (including phenoxy) is 1. The maximum atomic E-state index is 12.3. The molecular formula is C24H21ClN2O2S. The van der Waals surface area contributed by atoms with E-state index in [9.17, 15) is 4.79 Å². The molecule has 4 rings (SSSR count). The van der Waals surface area contributed by atoms with Crippen LogP contribution in [0.25, 0.3) is 11.0 Å². The average Bonchev–Trinajstić information content (AvgIpc) is 3.09. The van der Waals surface area contributed by atoms with Crippen LogP contribution in [0.2, 0.25) is 5.02 Å². The van der Waals surface area contributed by atoms with Gasteiger partial charge in [-0.3, -0.25) is 4.79 Å². The fraction of sp³-hybridized carbons (Fsp3) is 0.167. The molecule has 0 N–H and O–H groups in total. The summed E-state index contributed by atoms with van der Waals surface area (Å²) in [5.41, 5.74) is 5.30. The Morgan fingerprint density at radius 2 is 1.83 bits per heavy atom. The molecule has 0 aliphatic heterocycles. The Balaban J connectivity index is 1.46. The molecule has 4 nitrogen and oxygen atoms in total. The molecule has 3 aromatic carbocycles. The molecule has 0 unspecified atom stereocenters. The van der Waals surface area contributed by atoms with Gasteiger partial charge in [0.2, 0.25) is 0 Å². The summed E-state index contributed by atoms with van der Waals surface area (Å²) in [5.74, 6) is -0.0748. The first-order valence-electron chi connectivity index (χ1n) is 9.62. The van der Waals surface area contributed by atoms with E-state index in [0.29, 0.717) is 11.6 Å². The van der Waals surface area contributed by atoms with Crippen molar-refractivity contribution in [1.29, 1.82) is 0 Å². The molecule has 1 heterocycles. The topological polar surface area (TPSA) is 44.1 Å². The van der Waals surface area contributed by atoms with E-state index in [0.717, 1.165) is 21.8 Å². The summed E-state index contributed by atoms with van der Waals surface area (Å²) in [5, 5.41) is 1.47. The maximum absolute atomic E-state index is 12.3. The molecule has 0 saturated heterocycles. The number of aromatic nitrogens is 2. The highest BCUT2D eigenvalue weighted by molar-refractivity contribution is 7.99. The smallest absolute Gasteiger partial charge is 0.316 e. The molecule has 0 aliphatic rings. The Labute approximate surface area is 184 Å². The van der Waals surface area contributed by atoms with Crippen molar-refractivity contribution in [3.8, 4) is 0 Å². The number of nitrogens with zero attached hydrogens (tertiary/aromatic N) is 2. The third-order valence-corrected chi connectivity index (χ3v) is 5.88. The van der Waals surface area contributed by atoms with Crippen LogP contribution in [-0.4, -0.2) is 21.3 Å². The predicted molar refractivity (Wildman–Crippen MR) is 122 cm³/mol. The Morgan fingerprint density at radius 3 is 2.63 bits per heavy atom. The number of carbonyl (C=O) groups excluding carboxylic acids is 1. The van der Waals surface area contributed by atoms with E-state index in [2.05, 4.69) is 41.8 Å². The van der Waals surface area contributed by atoms with Crippen molar-refractivity contribution in [3.63, 3.8) is 0 Å². The minimum Gasteiger partial charge on any atom is -0.460 e. The second-order valence-electron chi connectivity index (χ2n) is 7.03. The SMILES string of the molecule is Cc1cccc(Cn2c(SCC(=O)OCc3ccc(Cl)cc3)nc3ccccc32)c1. The van der Waals surface area contributed by atoms with Crippen LogP contribution < -0.4 is 0 Å². The van der Waals surface area contributed by atoms with Gasteiger partial charge in [-0.1, -0.05) is 77.5 Å². The van der Waals surface area contributed by atoms with E-state index < -0.39 is 0 Å². The van der Waals surface area contributed by atoms with Gasteiger partial charge in [0.05, 0.1) is 23.3 Å². The van der Waals surface area contributed by atoms with Gasteiger partial charge in [-0.15, -0.1) is 0 Å². The van der Waals surface area contributed by atoms with Crippen LogP contribution in [-0.2, 0) is 22.7 Å². The first kappa shape index (κ1) is 20.5. The summed E-state index contributed by atoms with van der Waals surface area (Å²) in [6.07, 6.45) is 0. The molecule has 4 aromatic rings. The maximum Gasteiger partial charge on any atom is 0.316 e. The van der Waals surface area contributed by atoms with Gasteiger partial charge in [-0.25, -0.2) is 4.98 Å². The lowest BCUT2D eigenvalue weighted by Crippen LogP contribution is -2.09. The number of carbonyl (C=O) groups is 1. The number of benzene rings is 3. The molecule has 152 valence electrons. The highest BCUT2D eigenvalue weighted by Gasteiger charge is 2.14. The molecule has 0 amide bonds. The van der Waals surface area contributed by atoms with Crippen molar-refractivity contribution < 1.29 is 9.53 Å². The number of thioether (sulfide) groups is 1. The van der Waals surface area contributed by atoms with E-state index >= 15 is 0 Å². The minimum atomic E-state index is -0.274. The fourth-order valence-electron chi connectivity index (χ4n) is 3.22. The zero-order valence-corrected chi connectivity index (χ0v) is 18.1. The first-order chi connectivity index (χ1) is 14.6. The van der Waals surface area contributed by atoms with E-state index in [1.165, 1.54) is 22.9 Å². The van der Waals surface area contributed by atoms with Crippen LogP contribution in [0.4, 0.5) is 0 Å². The Kier molecular flexibility index (Phi) is 6.41. The number of fused-ring (bicyclic) bond motifs is 1. The molecule has 0 atom stereocenters. The fourth-order valence-corrected chi connectivity index (χ4v) is 4.16. The summed E-state index contributed by atoms with van der Waals surface area (Å²) in [4.78, 5) is 17.0. The van der Waals surface area contributed by atoms with Gasteiger partial charge in [-0.2, -0.15) is 0 Å². The normalized spacial score (nSPS) is 11.0. The van der Waals surface area contributed by atoms with Crippen LogP contribution in [0.1, 0.15) is 16.7 Å². The summed E-state index contributed by atoms with van der Waals surface area (Å²) in [7, 11) is 0. The molecule has 1 aromatic heterocycles. The number of halogens is 1. The summed E-state index contributed by atoms with van der Waals surface area (Å²) >= 11 is 7.28. The third-order valence-electron chi connectivity index (χ3n) is 4.67. The number of rotatable bonds is 7. The number of imidazole rings is 1. The average molecular weight is 437 g/mol. The molecule has 0 bridgehead atoms. The number of hydrogen-bond donors (Lipinski definition) is 0. The lowest BCUT2D eigenvalue weighted by atomic mass is 10.1. The predicted octanol–water partition coefficient (Wildman–Crippen LogP) is 5.88. The highest BCUT2D eigenvalue weighted by Crippen LogP contribution is 2.25. The molecule has 6 heteroatoms. The quantitative estimate of drug-likeness (QED) is 0.268. The first-order valence-corrected chi connectivity index (χ1v) is 11.0. The standard InChI is InChI=1S/C24H21ClN2O2S/c1-17-5-4-6-19(13-17)14-27-22-8-3-2-7-21(22)26-24(27)30-16-23(28)29-15-18-9-11-20(25)12-10-18/h2-13H,14-16H2,1H3. The molecule has 30 heavy (non-hydrogen) atoms. The van der Waals surface area contributed by atoms with Crippen LogP contribution in [0.5, 0.6) is 0 Å². The zero-order chi connectivity index (χ0) is 20.9. The Hall–Kier alpha value is -2.76. The second-order valence-corrected chi connectivity index (χ2v) is 8.41. The lowest BCUT2D eigenvalue weighted by molar-refractivity contribution is -0.141. The van der Waals surface area contributed by atoms with Gasteiger partial charge in [0, 0.05) is 5.02 Å². The summed E-state index contributed by atoms with van der Waals surface area (Å²) in [6.45, 7) is 3.02. The Bertz CT molecular complexity index is 1170. The Morgan fingerprint density at radius 1 is 1.03 bits per heavy atom. The van der Waals surface area contributed by atoms with Gasteiger partial charge in [0.1, 0.15) is 6.61 Å². The van der Waals surface area contributed by atoms with Crippen LogP contribution in [0.3, 0.4) is 0 Å². The van der Waals surface area contributed by atoms with Crippen molar-refractivity contribution in [2.24, 2.45) is 0 Å². The minimum absolute atomic E-state index is 0.199. The summed E-state index contributed by atoms with van der Waals surface area (Å²) in [6, 6.07) is 23.7. The van der Waals surface area contributed by atoms with Crippen LogP contribution >= 0.6 is 23.4 Å². The molecule has 0 aliphatic carbocycles. The van der Waals surface area contributed by atoms with Gasteiger partial charge in [0.15, 0.2) is 5.16 Å². The van der Waals surface area contributed by atoms with Gasteiger partial charge >= 0.3 is 5.97 Å². The van der Waals surface area contributed by atoms with Crippen molar-refractivity contribution in [3.05, 3.63) is 94.5 Å². The highest BCUT2D eigenvalue weighted by atomic mass is 35.5. The molecule has 0 radical (unpaired) electrons. The van der Waals surface area contributed by atoms with Gasteiger partial charge in [0.25, 0.3) is 0 Å². The van der Waals surface area contributed by atoms with Crippen molar-refractivity contribution >= 4 is 40.4 Å². The second kappa shape index (κ2) is 9.37. The molecule has 0 fully saturated rings. The number of aryl methyl sites for hydroxylation is 1. The number of esters is 1.